The minimum absolute atomic E-state index is 0.0854. The van der Waals surface area contributed by atoms with Gasteiger partial charge in [0, 0.05) is 19.5 Å². The maximum atomic E-state index is 12.0. The molecular formula is C23H50N6O2. The van der Waals surface area contributed by atoms with Crippen LogP contribution in [0.3, 0.4) is 0 Å². The zero-order chi connectivity index (χ0) is 23.4. The molecule has 0 bridgehead atoms. The van der Waals surface area contributed by atoms with Crippen LogP contribution in [0.25, 0.3) is 0 Å². The molecule has 8 nitrogen and oxygen atoms in total. The monoisotopic (exact) mass is 442 g/mol. The molecule has 0 heterocycles. The van der Waals surface area contributed by atoms with Crippen molar-refractivity contribution in [2.45, 2.75) is 84.6 Å². The molecule has 0 aromatic heterocycles. The number of rotatable bonds is 20. The molecule has 0 saturated carbocycles. The summed E-state index contributed by atoms with van der Waals surface area (Å²) in [7, 11) is 0. The molecule has 0 saturated heterocycles. The molecule has 0 aliphatic rings. The quantitative estimate of drug-likeness (QED) is 0.157. The maximum Gasteiger partial charge on any atom is 0.236 e. The molecule has 8 N–H and O–H groups in total. The first-order valence-corrected chi connectivity index (χ1v) is 12.2. The van der Waals surface area contributed by atoms with Crippen LogP contribution in [0.5, 0.6) is 0 Å². The van der Waals surface area contributed by atoms with E-state index in [1.54, 1.807) is 0 Å². The third-order valence-corrected chi connectivity index (χ3v) is 5.05. The van der Waals surface area contributed by atoms with Crippen molar-refractivity contribution in [3.8, 4) is 0 Å². The van der Waals surface area contributed by atoms with E-state index in [9.17, 15) is 9.59 Å². The van der Waals surface area contributed by atoms with Crippen LogP contribution in [-0.2, 0) is 9.59 Å². The van der Waals surface area contributed by atoms with Gasteiger partial charge < -0.3 is 32.7 Å². The minimum atomic E-state index is -0.476. The second-order valence-corrected chi connectivity index (χ2v) is 9.51. The van der Waals surface area contributed by atoms with Crippen molar-refractivity contribution >= 4 is 11.8 Å². The molecular weight excluding hydrogens is 392 g/mol. The Morgan fingerprint density at radius 3 is 1.94 bits per heavy atom. The summed E-state index contributed by atoms with van der Waals surface area (Å²) in [6.07, 6.45) is 7.98. The SMILES string of the molecule is CC(C)(C)CCC(=O)NCCCC[C@@H](N)C(=O)NCCCNCCCCNCCCN. The summed E-state index contributed by atoms with van der Waals surface area (Å²) in [4.78, 5) is 23.8. The van der Waals surface area contributed by atoms with Crippen molar-refractivity contribution in [1.82, 2.24) is 21.3 Å². The molecule has 31 heavy (non-hydrogen) atoms. The van der Waals surface area contributed by atoms with Crippen molar-refractivity contribution in [2.24, 2.45) is 16.9 Å². The average Bonchev–Trinajstić information content (AvgIpc) is 2.72. The first kappa shape index (κ1) is 29.8. The zero-order valence-corrected chi connectivity index (χ0v) is 20.4. The van der Waals surface area contributed by atoms with E-state index in [2.05, 4.69) is 42.0 Å². The number of hydrogen-bond donors (Lipinski definition) is 6. The van der Waals surface area contributed by atoms with Crippen LogP contribution < -0.4 is 32.7 Å². The van der Waals surface area contributed by atoms with E-state index >= 15 is 0 Å². The van der Waals surface area contributed by atoms with Crippen LogP contribution in [0.15, 0.2) is 0 Å². The fourth-order valence-corrected chi connectivity index (χ4v) is 2.96. The number of nitrogens with two attached hydrogens (primary N) is 2. The van der Waals surface area contributed by atoms with E-state index in [4.69, 9.17) is 11.5 Å². The van der Waals surface area contributed by atoms with Gasteiger partial charge in [-0.1, -0.05) is 20.8 Å². The van der Waals surface area contributed by atoms with Gasteiger partial charge in [-0.3, -0.25) is 9.59 Å². The van der Waals surface area contributed by atoms with E-state index in [1.165, 1.54) is 0 Å². The van der Waals surface area contributed by atoms with Crippen LogP contribution in [0.1, 0.15) is 78.6 Å². The summed E-state index contributed by atoms with van der Waals surface area (Å²) < 4.78 is 0. The van der Waals surface area contributed by atoms with E-state index < -0.39 is 6.04 Å². The second kappa shape index (κ2) is 19.5. The molecule has 0 spiro atoms. The molecule has 1 atom stereocenters. The summed E-state index contributed by atoms with van der Waals surface area (Å²) in [6.45, 7) is 12.4. The Hall–Kier alpha value is -1.22. The van der Waals surface area contributed by atoms with Crippen molar-refractivity contribution in [2.75, 3.05) is 45.8 Å². The van der Waals surface area contributed by atoms with Gasteiger partial charge in [-0.25, -0.2) is 0 Å². The molecule has 0 aromatic rings. The third-order valence-electron chi connectivity index (χ3n) is 5.05. The molecule has 0 rings (SSSR count). The number of carbonyl (C=O) groups excluding carboxylic acids is 2. The second-order valence-electron chi connectivity index (χ2n) is 9.51. The lowest BCUT2D eigenvalue weighted by molar-refractivity contribution is -0.123. The zero-order valence-electron chi connectivity index (χ0n) is 20.4. The first-order chi connectivity index (χ1) is 14.8. The van der Waals surface area contributed by atoms with Crippen molar-refractivity contribution < 1.29 is 9.59 Å². The third kappa shape index (κ3) is 21.8. The predicted molar refractivity (Wildman–Crippen MR) is 130 cm³/mol. The topological polar surface area (TPSA) is 134 Å². The Morgan fingerprint density at radius 2 is 1.32 bits per heavy atom. The highest BCUT2D eigenvalue weighted by atomic mass is 16.2. The molecule has 8 heteroatoms. The Labute approximate surface area is 190 Å². The van der Waals surface area contributed by atoms with Gasteiger partial charge in [0.15, 0.2) is 0 Å². The van der Waals surface area contributed by atoms with E-state index in [0.717, 1.165) is 77.7 Å². The van der Waals surface area contributed by atoms with Gasteiger partial charge in [0.2, 0.25) is 11.8 Å². The summed E-state index contributed by atoms with van der Waals surface area (Å²) in [5, 5.41) is 12.6. The highest BCUT2D eigenvalue weighted by Gasteiger charge is 2.13. The molecule has 0 fully saturated rings. The molecule has 0 radical (unpaired) electrons. The lowest BCUT2D eigenvalue weighted by Gasteiger charge is -2.17. The van der Waals surface area contributed by atoms with Crippen molar-refractivity contribution in [1.29, 1.82) is 0 Å². The number of unbranched alkanes of at least 4 members (excludes halogenated alkanes) is 2. The van der Waals surface area contributed by atoms with E-state index in [-0.39, 0.29) is 17.2 Å². The van der Waals surface area contributed by atoms with Gasteiger partial charge in [0.1, 0.15) is 0 Å². The fourth-order valence-electron chi connectivity index (χ4n) is 2.96. The van der Waals surface area contributed by atoms with E-state index in [1.807, 2.05) is 0 Å². The lowest BCUT2D eigenvalue weighted by Crippen LogP contribution is -2.41. The molecule has 0 unspecified atom stereocenters. The van der Waals surface area contributed by atoms with Crippen LogP contribution in [0.4, 0.5) is 0 Å². The molecule has 0 aromatic carbocycles. The molecule has 184 valence electrons. The Bertz CT molecular complexity index is 454. The van der Waals surface area contributed by atoms with Crippen LogP contribution in [0.2, 0.25) is 0 Å². The summed E-state index contributed by atoms with van der Waals surface area (Å²) in [5.74, 6) is 0.0162. The number of hydrogen-bond acceptors (Lipinski definition) is 6. The van der Waals surface area contributed by atoms with Gasteiger partial charge in [-0.2, -0.15) is 0 Å². The van der Waals surface area contributed by atoms with Crippen LogP contribution in [0, 0.1) is 5.41 Å². The number of amides is 2. The lowest BCUT2D eigenvalue weighted by atomic mass is 9.90. The highest BCUT2D eigenvalue weighted by Crippen LogP contribution is 2.20. The normalized spacial score (nSPS) is 12.5. The first-order valence-electron chi connectivity index (χ1n) is 12.2. The summed E-state index contributed by atoms with van der Waals surface area (Å²) in [6, 6.07) is -0.476. The van der Waals surface area contributed by atoms with Gasteiger partial charge in [0.25, 0.3) is 0 Å². The number of carbonyl (C=O) groups is 2. The largest absolute Gasteiger partial charge is 0.356 e. The van der Waals surface area contributed by atoms with Gasteiger partial charge >= 0.3 is 0 Å². The average molecular weight is 443 g/mol. The van der Waals surface area contributed by atoms with Crippen molar-refractivity contribution in [3.05, 3.63) is 0 Å². The molecule has 2 amide bonds. The van der Waals surface area contributed by atoms with Crippen LogP contribution >= 0.6 is 0 Å². The maximum absolute atomic E-state index is 12.0. The molecule has 0 aliphatic heterocycles. The van der Waals surface area contributed by atoms with Gasteiger partial charge in [-0.05, 0) is 89.5 Å². The van der Waals surface area contributed by atoms with Gasteiger partial charge in [0.05, 0.1) is 6.04 Å². The predicted octanol–water partition coefficient (Wildman–Crippen LogP) is 1.24. The minimum Gasteiger partial charge on any atom is -0.356 e. The van der Waals surface area contributed by atoms with E-state index in [0.29, 0.717) is 25.9 Å². The number of nitrogens with one attached hydrogen (secondary N) is 4. The Balaban J connectivity index is 3.47. The van der Waals surface area contributed by atoms with Crippen LogP contribution in [-0.4, -0.2) is 63.7 Å². The van der Waals surface area contributed by atoms with Gasteiger partial charge in [-0.15, -0.1) is 0 Å². The Morgan fingerprint density at radius 1 is 0.774 bits per heavy atom. The summed E-state index contributed by atoms with van der Waals surface area (Å²) in [5.41, 5.74) is 11.6. The standard InChI is InChI=1S/C23H50N6O2/c1-23(2,3)12-11-21(30)28-18-5-4-10-20(25)22(31)29-19-9-17-27-15-7-6-14-26-16-8-13-24/h20,26-27H,4-19,24-25H2,1-3H3,(H,28,30)(H,29,31)/t20-/m1/s1. The molecule has 0 aliphatic carbocycles. The highest BCUT2D eigenvalue weighted by molar-refractivity contribution is 5.81. The van der Waals surface area contributed by atoms with Crippen molar-refractivity contribution in [3.63, 3.8) is 0 Å². The summed E-state index contributed by atoms with van der Waals surface area (Å²) >= 11 is 0. The fraction of sp³-hybridized carbons (Fsp3) is 0.913. The smallest absolute Gasteiger partial charge is 0.236 e. The Kier molecular flexibility index (Phi) is 18.7.